The van der Waals surface area contributed by atoms with Crippen molar-refractivity contribution < 1.29 is 18.6 Å². The molecule has 21 heavy (non-hydrogen) atoms. The van der Waals surface area contributed by atoms with Crippen molar-refractivity contribution in [2.75, 3.05) is 19.8 Å². The van der Waals surface area contributed by atoms with Crippen molar-refractivity contribution >= 4 is 0 Å². The SMILES string of the molecule is CCOc1ccccc1OCCCOc1ccccc1F. The minimum absolute atomic E-state index is 0.271. The van der Waals surface area contributed by atoms with E-state index >= 15 is 0 Å². The molecular formula is C17H19FO3. The van der Waals surface area contributed by atoms with Gasteiger partial charge >= 0.3 is 0 Å². The molecule has 0 spiro atoms. The lowest BCUT2D eigenvalue weighted by Crippen LogP contribution is -2.06. The fourth-order valence-electron chi connectivity index (χ4n) is 1.83. The van der Waals surface area contributed by atoms with Crippen molar-refractivity contribution in [1.29, 1.82) is 0 Å². The molecule has 0 amide bonds. The van der Waals surface area contributed by atoms with Crippen LogP contribution in [-0.4, -0.2) is 19.8 Å². The molecular weight excluding hydrogens is 271 g/mol. The van der Waals surface area contributed by atoms with Gasteiger partial charge in [-0.05, 0) is 31.2 Å². The Morgan fingerprint density at radius 3 is 1.90 bits per heavy atom. The highest BCUT2D eigenvalue weighted by Crippen LogP contribution is 2.26. The maximum atomic E-state index is 13.3. The Morgan fingerprint density at radius 1 is 0.762 bits per heavy atom. The molecule has 0 aliphatic rings. The number of rotatable bonds is 8. The summed E-state index contributed by atoms with van der Waals surface area (Å²) in [5.41, 5.74) is 0. The number of hydrogen-bond acceptors (Lipinski definition) is 3. The van der Waals surface area contributed by atoms with E-state index in [1.54, 1.807) is 18.2 Å². The molecule has 0 aliphatic heterocycles. The minimum atomic E-state index is -0.347. The van der Waals surface area contributed by atoms with Gasteiger partial charge < -0.3 is 14.2 Å². The predicted octanol–water partition coefficient (Wildman–Crippen LogP) is 4.07. The van der Waals surface area contributed by atoms with Gasteiger partial charge in [-0.3, -0.25) is 0 Å². The van der Waals surface area contributed by atoms with Crippen LogP contribution in [0.1, 0.15) is 13.3 Å². The van der Waals surface area contributed by atoms with E-state index < -0.39 is 0 Å². The molecule has 0 radical (unpaired) electrons. The molecule has 0 unspecified atom stereocenters. The average molecular weight is 290 g/mol. The van der Waals surface area contributed by atoms with Gasteiger partial charge in [0, 0.05) is 6.42 Å². The fourth-order valence-corrected chi connectivity index (χ4v) is 1.83. The Kier molecular flexibility index (Phi) is 5.88. The van der Waals surface area contributed by atoms with Gasteiger partial charge in [0.1, 0.15) is 0 Å². The molecule has 2 aromatic rings. The van der Waals surface area contributed by atoms with E-state index in [-0.39, 0.29) is 11.6 Å². The van der Waals surface area contributed by atoms with E-state index in [1.807, 2.05) is 31.2 Å². The van der Waals surface area contributed by atoms with Crippen molar-refractivity contribution in [1.82, 2.24) is 0 Å². The summed E-state index contributed by atoms with van der Waals surface area (Å²) >= 11 is 0. The van der Waals surface area contributed by atoms with Gasteiger partial charge in [0.2, 0.25) is 0 Å². The number of para-hydroxylation sites is 3. The Bertz CT molecular complexity index is 557. The van der Waals surface area contributed by atoms with Crippen molar-refractivity contribution in [3.63, 3.8) is 0 Å². The summed E-state index contributed by atoms with van der Waals surface area (Å²) in [5, 5.41) is 0. The largest absolute Gasteiger partial charge is 0.490 e. The van der Waals surface area contributed by atoms with Crippen molar-refractivity contribution in [3.05, 3.63) is 54.3 Å². The Hall–Kier alpha value is -2.23. The van der Waals surface area contributed by atoms with E-state index in [1.165, 1.54) is 6.07 Å². The first-order chi connectivity index (χ1) is 10.3. The summed E-state index contributed by atoms with van der Waals surface area (Å²) < 4.78 is 29.8. The lowest BCUT2D eigenvalue weighted by Gasteiger charge is -2.12. The Morgan fingerprint density at radius 2 is 1.29 bits per heavy atom. The average Bonchev–Trinajstić information content (AvgIpc) is 2.50. The fraction of sp³-hybridized carbons (Fsp3) is 0.294. The van der Waals surface area contributed by atoms with Crippen LogP contribution < -0.4 is 14.2 Å². The van der Waals surface area contributed by atoms with E-state index in [9.17, 15) is 4.39 Å². The maximum absolute atomic E-state index is 13.3. The molecule has 4 heteroatoms. The molecule has 2 aromatic carbocycles. The molecule has 0 heterocycles. The predicted molar refractivity (Wildman–Crippen MR) is 79.6 cm³/mol. The van der Waals surface area contributed by atoms with Crippen LogP contribution in [0.5, 0.6) is 17.2 Å². The number of benzene rings is 2. The maximum Gasteiger partial charge on any atom is 0.165 e. The first-order valence-corrected chi connectivity index (χ1v) is 7.03. The van der Waals surface area contributed by atoms with Crippen molar-refractivity contribution in [2.24, 2.45) is 0 Å². The third-order valence-electron chi connectivity index (χ3n) is 2.79. The third kappa shape index (κ3) is 4.67. The van der Waals surface area contributed by atoms with Gasteiger partial charge in [0.25, 0.3) is 0 Å². The molecule has 3 nitrogen and oxygen atoms in total. The minimum Gasteiger partial charge on any atom is -0.490 e. The zero-order chi connectivity index (χ0) is 14.9. The topological polar surface area (TPSA) is 27.7 Å². The molecule has 0 atom stereocenters. The van der Waals surface area contributed by atoms with E-state index in [2.05, 4.69) is 0 Å². The number of ether oxygens (including phenoxy) is 3. The van der Waals surface area contributed by atoms with Gasteiger partial charge in [-0.15, -0.1) is 0 Å². The quantitative estimate of drug-likeness (QED) is 0.686. The number of hydrogen-bond donors (Lipinski definition) is 0. The standard InChI is InChI=1S/C17H19FO3/c1-2-19-16-10-5-6-11-17(16)21-13-7-12-20-15-9-4-3-8-14(15)18/h3-6,8-11H,2,7,12-13H2,1H3. The van der Waals surface area contributed by atoms with Crippen LogP contribution in [0, 0.1) is 5.82 Å². The molecule has 0 fully saturated rings. The summed E-state index contributed by atoms with van der Waals surface area (Å²) in [5.74, 6) is 1.37. The zero-order valence-corrected chi connectivity index (χ0v) is 12.0. The van der Waals surface area contributed by atoms with Crippen LogP contribution in [0.15, 0.2) is 48.5 Å². The lowest BCUT2D eigenvalue weighted by atomic mass is 10.3. The molecule has 112 valence electrons. The summed E-state index contributed by atoms with van der Waals surface area (Å²) in [7, 11) is 0. The second-order valence-corrected chi connectivity index (χ2v) is 4.36. The highest BCUT2D eigenvalue weighted by Gasteiger charge is 2.04. The van der Waals surface area contributed by atoms with Crippen LogP contribution in [-0.2, 0) is 0 Å². The van der Waals surface area contributed by atoms with Crippen LogP contribution in [0.4, 0.5) is 4.39 Å². The molecule has 0 N–H and O–H groups in total. The van der Waals surface area contributed by atoms with Crippen LogP contribution >= 0.6 is 0 Å². The zero-order valence-electron chi connectivity index (χ0n) is 12.0. The number of halogens is 1. The Balaban J connectivity index is 1.74. The highest BCUT2D eigenvalue weighted by atomic mass is 19.1. The first kappa shape index (κ1) is 15.2. The molecule has 0 aliphatic carbocycles. The lowest BCUT2D eigenvalue weighted by molar-refractivity contribution is 0.231. The summed E-state index contributed by atoms with van der Waals surface area (Å²) in [6.45, 7) is 3.41. The summed E-state index contributed by atoms with van der Waals surface area (Å²) in [6.07, 6.45) is 0.662. The van der Waals surface area contributed by atoms with E-state index in [4.69, 9.17) is 14.2 Å². The van der Waals surface area contributed by atoms with Crippen molar-refractivity contribution in [2.45, 2.75) is 13.3 Å². The third-order valence-corrected chi connectivity index (χ3v) is 2.79. The normalized spacial score (nSPS) is 10.2. The molecule has 0 saturated carbocycles. The van der Waals surface area contributed by atoms with Gasteiger partial charge in [-0.2, -0.15) is 0 Å². The summed E-state index contributed by atoms with van der Waals surface area (Å²) in [6, 6.07) is 13.9. The van der Waals surface area contributed by atoms with Gasteiger partial charge in [0.15, 0.2) is 23.1 Å². The van der Waals surface area contributed by atoms with Crippen LogP contribution in [0.3, 0.4) is 0 Å². The van der Waals surface area contributed by atoms with E-state index in [0.29, 0.717) is 32.0 Å². The monoisotopic (exact) mass is 290 g/mol. The second-order valence-electron chi connectivity index (χ2n) is 4.36. The van der Waals surface area contributed by atoms with Crippen LogP contribution in [0.2, 0.25) is 0 Å². The second kappa shape index (κ2) is 8.15. The van der Waals surface area contributed by atoms with E-state index in [0.717, 1.165) is 5.75 Å². The Labute approximate surface area is 124 Å². The first-order valence-electron chi connectivity index (χ1n) is 7.03. The van der Waals surface area contributed by atoms with Crippen LogP contribution in [0.25, 0.3) is 0 Å². The molecule has 0 saturated heterocycles. The van der Waals surface area contributed by atoms with Gasteiger partial charge in [-0.1, -0.05) is 24.3 Å². The molecule has 0 bridgehead atoms. The summed E-state index contributed by atoms with van der Waals surface area (Å²) in [4.78, 5) is 0. The molecule has 0 aromatic heterocycles. The van der Waals surface area contributed by atoms with Gasteiger partial charge in [0.05, 0.1) is 19.8 Å². The van der Waals surface area contributed by atoms with Crippen molar-refractivity contribution in [3.8, 4) is 17.2 Å². The smallest absolute Gasteiger partial charge is 0.165 e. The van der Waals surface area contributed by atoms with Gasteiger partial charge in [-0.25, -0.2) is 4.39 Å². The highest BCUT2D eigenvalue weighted by molar-refractivity contribution is 5.39. The molecule has 2 rings (SSSR count).